The molecule has 0 saturated carbocycles. The summed E-state index contributed by atoms with van der Waals surface area (Å²) >= 11 is 0. The van der Waals surface area contributed by atoms with Gasteiger partial charge in [-0.1, -0.05) is 32.9 Å². The summed E-state index contributed by atoms with van der Waals surface area (Å²) in [5, 5.41) is 12.6. The van der Waals surface area contributed by atoms with E-state index in [0.29, 0.717) is 5.92 Å². The molecule has 2 N–H and O–H groups in total. The molecule has 1 unspecified atom stereocenters. The highest BCUT2D eigenvalue weighted by Crippen LogP contribution is 2.18. The minimum atomic E-state index is 0.159. The van der Waals surface area contributed by atoms with Gasteiger partial charge in [0, 0.05) is 12.1 Å². The highest BCUT2D eigenvalue weighted by Gasteiger charge is 2.10. The van der Waals surface area contributed by atoms with Gasteiger partial charge in [0.05, 0.1) is 13.2 Å². The third kappa shape index (κ3) is 5.62. The van der Waals surface area contributed by atoms with Crippen LogP contribution < -0.4 is 10.1 Å². The SMILES string of the molecule is CC[C@H](CO)NC(C)c1ccc(OCC(C)C)cc1. The van der Waals surface area contributed by atoms with Crippen LogP contribution in [0.3, 0.4) is 0 Å². The zero-order chi connectivity index (χ0) is 14.3. The highest BCUT2D eigenvalue weighted by atomic mass is 16.5. The van der Waals surface area contributed by atoms with Gasteiger partial charge in [0.15, 0.2) is 0 Å². The smallest absolute Gasteiger partial charge is 0.119 e. The molecule has 2 atom stereocenters. The molecule has 1 aromatic rings. The summed E-state index contributed by atoms with van der Waals surface area (Å²) in [5.41, 5.74) is 1.21. The Balaban J connectivity index is 2.55. The van der Waals surface area contributed by atoms with Crippen molar-refractivity contribution in [2.45, 2.75) is 46.2 Å². The number of benzene rings is 1. The molecule has 0 saturated heterocycles. The Morgan fingerprint density at radius 3 is 2.26 bits per heavy atom. The molecule has 0 aromatic heterocycles. The second-order valence-corrected chi connectivity index (χ2v) is 5.45. The zero-order valence-corrected chi connectivity index (χ0v) is 12.5. The molecule has 0 amide bonds. The van der Waals surface area contributed by atoms with Crippen molar-refractivity contribution in [1.29, 1.82) is 0 Å². The molecular weight excluding hydrogens is 238 g/mol. The molecule has 0 bridgehead atoms. The molecule has 108 valence electrons. The van der Waals surface area contributed by atoms with E-state index < -0.39 is 0 Å². The van der Waals surface area contributed by atoms with E-state index in [1.165, 1.54) is 5.56 Å². The van der Waals surface area contributed by atoms with Crippen LogP contribution in [0.25, 0.3) is 0 Å². The van der Waals surface area contributed by atoms with Crippen LogP contribution in [0.1, 0.15) is 45.7 Å². The lowest BCUT2D eigenvalue weighted by Gasteiger charge is -2.21. The predicted molar refractivity (Wildman–Crippen MR) is 79.5 cm³/mol. The summed E-state index contributed by atoms with van der Waals surface area (Å²) in [4.78, 5) is 0. The van der Waals surface area contributed by atoms with Gasteiger partial charge < -0.3 is 15.2 Å². The Bertz CT molecular complexity index is 344. The van der Waals surface area contributed by atoms with Gasteiger partial charge in [0.25, 0.3) is 0 Å². The summed E-state index contributed by atoms with van der Waals surface area (Å²) in [6.45, 7) is 9.39. The molecule has 3 heteroatoms. The summed E-state index contributed by atoms with van der Waals surface area (Å²) < 4.78 is 5.67. The first-order chi connectivity index (χ1) is 9.06. The van der Waals surface area contributed by atoms with E-state index in [1.54, 1.807) is 0 Å². The lowest BCUT2D eigenvalue weighted by Crippen LogP contribution is -2.33. The Kier molecular flexibility index (Phi) is 6.89. The Morgan fingerprint density at radius 2 is 1.79 bits per heavy atom. The van der Waals surface area contributed by atoms with Crippen molar-refractivity contribution in [3.63, 3.8) is 0 Å². The number of rotatable bonds is 8. The van der Waals surface area contributed by atoms with Crippen LogP contribution in [0, 0.1) is 5.92 Å². The third-order valence-electron chi connectivity index (χ3n) is 3.16. The lowest BCUT2D eigenvalue weighted by atomic mass is 10.1. The monoisotopic (exact) mass is 265 g/mol. The maximum atomic E-state index is 9.21. The van der Waals surface area contributed by atoms with E-state index in [-0.39, 0.29) is 18.7 Å². The number of aliphatic hydroxyl groups excluding tert-OH is 1. The van der Waals surface area contributed by atoms with Gasteiger partial charge in [-0.15, -0.1) is 0 Å². The Labute approximate surface area is 117 Å². The average Bonchev–Trinajstić information content (AvgIpc) is 2.42. The molecule has 0 spiro atoms. The summed E-state index contributed by atoms with van der Waals surface area (Å²) in [7, 11) is 0. The van der Waals surface area contributed by atoms with Gasteiger partial charge in [-0.3, -0.25) is 0 Å². The average molecular weight is 265 g/mol. The number of aliphatic hydroxyl groups is 1. The van der Waals surface area contributed by atoms with E-state index in [4.69, 9.17) is 4.74 Å². The van der Waals surface area contributed by atoms with Gasteiger partial charge in [-0.2, -0.15) is 0 Å². The fraction of sp³-hybridized carbons (Fsp3) is 0.625. The van der Waals surface area contributed by atoms with Gasteiger partial charge in [0.1, 0.15) is 5.75 Å². The van der Waals surface area contributed by atoms with Crippen LogP contribution in [-0.2, 0) is 0 Å². The molecule has 1 aromatic carbocycles. The molecule has 0 fully saturated rings. The topological polar surface area (TPSA) is 41.5 Å². The normalized spacial score (nSPS) is 14.4. The second-order valence-electron chi connectivity index (χ2n) is 5.45. The van der Waals surface area contributed by atoms with Crippen molar-refractivity contribution in [3.8, 4) is 5.75 Å². The van der Waals surface area contributed by atoms with Crippen LogP contribution in [0.4, 0.5) is 0 Å². The van der Waals surface area contributed by atoms with Gasteiger partial charge in [0.2, 0.25) is 0 Å². The van der Waals surface area contributed by atoms with Crippen molar-refractivity contribution in [1.82, 2.24) is 5.32 Å². The number of hydrogen-bond donors (Lipinski definition) is 2. The quantitative estimate of drug-likeness (QED) is 0.758. The Hall–Kier alpha value is -1.06. The molecule has 0 radical (unpaired) electrons. The summed E-state index contributed by atoms with van der Waals surface area (Å²) in [6, 6.07) is 8.57. The van der Waals surface area contributed by atoms with E-state index in [1.807, 2.05) is 12.1 Å². The van der Waals surface area contributed by atoms with E-state index in [2.05, 4.69) is 45.1 Å². The summed E-state index contributed by atoms with van der Waals surface area (Å²) in [5.74, 6) is 1.45. The number of ether oxygens (including phenoxy) is 1. The van der Waals surface area contributed by atoms with E-state index in [0.717, 1.165) is 18.8 Å². The fourth-order valence-corrected chi connectivity index (χ4v) is 1.87. The van der Waals surface area contributed by atoms with Crippen molar-refractivity contribution in [2.24, 2.45) is 5.92 Å². The van der Waals surface area contributed by atoms with E-state index in [9.17, 15) is 5.11 Å². The van der Waals surface area contributed by atoms with Crippen molar-refractivity contribution in [3.05, 3.63) is 29.8 Å². The predicted octanol–water partition coefficient (Wildman–Crippen LogP) is 3.14. The molecule has 0 heterocycles. The van der Waals surface area contributed by atoms with Crippen molar-refractivity contribution >= 4 is 0 Å². The Morgan fingerprint density at radius 1 is 1.16 bits per heavy atom. The molecule has 1 rings (SSSR count). The molecule has 0 aliphatic heterocycles. The van der Waals surface area contributed by atoms with E-state index >= 15 is 0 Å². The van der Waals surface area contributed by atoms with Crippen LogP contribution in [0.5, 0.6) is 5.75 Å². The third-order valence-corrected chi connectivity index (χ3v) is 3.16. The minimum Gasteiger partial charge on any atom is -0.493 e. The number of hydrogen-bond acceptors (Lipinski definition) is 3. The maximum Gasteiger partial charge on any atom is 0.119 e. The van der Waals surface area contributed by atoms with Gasteiger partial charge >= 0.3 is 0 Å². The molecule has 19 heavy (non-hydrogen) atoms. The molecule has 0 aliphatic rings. The van der Waals surface area contributed by atoms with Crippen LogP contribution in [0.2, 0.25) is 0 Å². The maximum absolute atomic E-state index is 9.21. The first-order valence-electron chi connectivity index (χ1n) is 7.16. The largest absolute Gasteiger partial charge is 0.493 e. The van der Waals surface area contributed by atoms with Crippen molar-refractivity contribution < 1.29 is 9.84 Å². The number of nitrogens with one attached hydrogen (secondary N) is 1. The lowest BCUT2D eigenvalue weighted by molar-refractivity contribution is 0.230. The van der Waals surface area contributed by atoms with Gasteiger partial charge in [-0.05, 0) is 37.0 Å². The minimum absolute atomic E-state index is 0.159. The summed E-state index contributed by atoms with van der Waals surface area (Å²) in [6.07, 6.45) is 0.927. The van der Waals surface area contributed by atoms with Crippen LogP contribution in [0.15, 0.2) is 24.3 Å². The second kappa shape index (κ2) is 8.18. The van der Waals surface area contributed by atoms with Crippen LogP contribution >= 0.6 is 0 Å². The highest BCUT2D eigenvalue weighted by molar-refractivity contribution is 5.29. The first-order valence-corrected chi connectivity index (χ1v) is 7.16. The van der Waals surface area contributed by atoms with Crippen LogP contribution in [-0.4, -0.2) is 24.4 Å². The molecule has 0 aliphatic carbocycles. The molecular formula is C16H27NO2. The standard InChI is InChI=1S/C16H27NO2/c1-5-15(10-18)17-13(4)14-6-8-16(9-7-14)19-11-12(2)3/h6-9,12-13,15,17-18H,5,10-11H2,1-4H3/t13?,15-/m1/s1. The molecule has 3 nitrogen and oxygen atoms in total. The zero-order valence-electron chi connectivity index (χ0n) is 12.5. The fourth-order valence-electron chi connectivity index (χ4n) is 1.87. The van der Waals surface area contributed by atoms with Gasteiger partial charge in [-0.25, -0.2) is 0 Å². The van der Waals surface area contributed by atoms with Crippen molar-refractivity contribution in [2.75, 3.05) is 13.2 Å². The first kappa shape index (κ1) is 16.0.